The van der Waals surface area contributed by atoms with Crippen molar-refractivity contribution in [1.29, 1.82) is 0 Å². The van der Waals surface area contributed by atoms with Crippen LogP contribution in [0.25, 0.3) is 88.8 Å². The molecule has 3 aromatic heterocycles. The Labute approximate surface area is 367 Å². The van der Waals surface area contributed by atoms with Crippen LogP contribution < -0.4 is 17.7 Å². The third-order valence-electron chi connectivity index (χ3n) is 13.2. The van der Waals surface area contributed by atoms with Gasteiger partial charge in [-0.15, -0.1) is 0 Å². The number of para-hydroxylation sites is 4. The minimum absolute atomic E-state index is 0.739. The molecule has 1 aliphatic rings. The molecular weight excluding hydrogens is 825 g/mol. The van der Waals surface area contributed by atoms with Gasteiger partial charge >= 0.3 is 363 Å². The van der Waals surface area contributed by atoms with Crippen molar-refractivity contribution in [2.45, 2.75) is 0 Å². The monoisotopic (exact) mass is 864 g/mol. The number of rotatable bonds is 6. The molecule has 13 rings (SSSR count). The summed E-state index contributed by atoms with van der Waals surface area (Å²) in [6.45, 7) is 0. The normalized spacial score (nSPS) is 12.9. The van der Waals surface area contributed by atoms with E-state index in [1.807, 2.05) is 0 Å². The molecule has 0 radical (unpaired) electrons. The summed E-state index contributed by atoms with van der Waals surface area (Å²) in [7, 11) is 0. The summed E-state index contributed by atoms with van der Waals surface area (Å²) in [6.07, 6.45) is 0. The van der Waals surface area contributed by atoms with Crippen molar-refractivity contribution >= 4 is 74.6 Å². The van der Waals surface area contributed by atoms with Crippen molar-refractivity contribution in [3.8, 4) is 45.1 Å². The molecule has 4 nitrogen and oxygen atoms in total. The Kier molecular flexibility index (Phi) is 8.05. The molecule has 9 aromatic carbocycles. The molecule has 4 heterocycles. The summed E-state index contributed by atoms with van der Waals surface area (Å²) in [5.41, 5.74) is 12.2. The van der Waals surface area contributed by atoms with E-state index in [9.17, 15) is 0 Å². The minimum atomic E-state index is -3.78. The maximum absolute atomic E-state index is 5.80. The number of benzene rings is 9. The summed E-state index contributed by atoms with van der Waals surface area (Å²) in [5, 5.41) is 4.86. The first-order chi connectivity index (χ1) is 31.3. The van der Waals surface area contributed by atoms with Crippen LogP contribution in [0.4, 0.5) is 0 Å². The van der Waals surface area contributed by atoms with Crippen molar-refractivity contribution in [2.24, 2.45) is 0 Å². The second-order valence-electron chi connectivity index (χ2n) is 16.4. The van der Waals surface area contributed by atoms with Gasteiger partial charge in [-0.3, -0.25) is 0 Å². The van der Waals surface area contributed by atoms with Gasteiger partial charge in [0, 0.05) is 0 Å². The molecule has 63 heavy (non-hydrogen) atoms. The maximum atomic E-state index is 5.80. The van der Waals surface area contributed by atoms with E-state index < -0.39 is 13.3 Å². The Balaban J connectivity index is 1.20. The quantitative estimate of drug-likeness (QED) is 0.156. The Bertz CT molecular complexity index is 3690. The van der Waals surface area contributed by atoms with E-state index in [2.05, 4.69) is 240 Å². The first-order valence-corrected chi connectivity index (χ1v) is 25.8. The summed E-state index contributed by atoms with van der Waals surface area (Å²) >= 11 is -3.78. The molecule has 0 fully saturated rings. The van der Waals surface area contributed by atoms with Crippen LogP contribution in [0.15, 0.2) is 231 Å². The number of hydrogen-bond acceptors (Lipinski definition) is 2. The molecule has 0 amide bonds. The van der Waals surface area contributed by atoms with Crippen LogP contribution in [-0.4, -0.2) is 32.4 Å². The van der Waals surface area contributed by atoms with E-state index in [1.54, 1.807) is 0 Å². The molecule has 0 saturated heterocycles. The molecular formula is C58H38GeN4. The number of nitrogens with zero attached hydrogens (tertiary/aromatic N) is 4. The fourth-order valence-electron chi connectivity index (χ4n) is 10.6. The van der Waals surface area contributed by atoms with Gasteiger partial charge in [0.2, 0.25) is 0 Å². The van der Waals surface area contributed by atoms with Gasteiger partial charge in [0.1, 0.15) is 0 Å². The zero-order valence-corrected chi connectivity index (χ0v) is 36.3. The van der Waals surface area contributed by atoms with Crippen LogP contribution in [-0.2, 0) is 0 Å². The number of hydrogen-bond donors (Lipinski definition) is 0. The Morgan fingerprint density at radius 3 is 1.51 bits per heavy atom. The number of fused-ring (bicyclic) bond motifs is 10. The Morgan fingerprint density at radius 2 is 0.857 bits per heavy atom. The first-order valence-electron chi connectivity index (χ1n) is 21.6. The molecule has 5 heteroatoms. The van der Waals surface area contributed by atoms with Crippen LogP contribution in [0.5, 0.6) is 0 Å². The molecule has 12 aromatic rings. The average molecular weight is 864 g/mol. The molecule has 0 atom stereocenters. The van der Waals surface area contributed by atoms with Crippen LogP contribution in [0, 0.1) is 0 Å². The summed E-state index contributed by atoms with van der Waals surface area (Å²) < 4.78 is 10.2. The van der Waals surface area contributed by atoms with Crippen LogP contribution in [0.2, 0.25) is 0 Å². The second kappa shape index (κ2) is 14.1. The van der Waals surface area contributed by atoms with Crippen LogP contribution in [0.1, 0.15) is 0 Å². The third kappa shape index (κ3) is 5.16. The Hall–Kier alpha value is -7.80. The van der Waals surface area contributed by atoms with Gasteiger partial charge in [-0.05, 0) is 0 Å². The van der Waals surface area contributed by atoms with Crippen LogP contribution >= 0.6 is 0 Å². The third-order valence-corrected chi connectivity index (χ3v) is 23.1. The van der Waals surface area contributed by atoms with Crippen molar-refractivity contribution < 1.29 is 0 Å². The zero-order chi connectivity index (χ0) is 41.5. The predicted octanol–water partition coefficient (Wildman–Crippen LogP) is 11.4. The molecule has 0 bridgehead atoms. The van der Waals surface area contributed by atoms with E-state index >= 15 is 0 Å². The van der Waals surface area contributed by atoms with E-state index in [4.69, 9.17) is 9.97 Å². The standard InChI is InChI=1S/C58H38GeN4/c1-5-21-39(22-6-1)58-60-54(53-47-31-13-17-33-49(47)59(57(53)61-58,40-23-7-2-8-24-40)41-25-9-3-10-26-41)48-32-16-20-36-52(48)63-51-35-19-15-30-44(51)46-38-37-45-43-29-14-18-34-50(43)62(55(45)56(46)63)42-27-11-4-12-28-42/h1-38H. The molecule has 0 unspecified atom stereocenters. The summed E-state index contributed by atoms with van der Waals surface area (Å²) in [5.74, 6) is 0.739. The van der Waals surface area contributed by atoms with Crippen molar-refractivity contribution in [1.82, 2.24) is 19.1 Å². The molecule has 0 aliphatic carbocycles. The first kappa shape index (κ1) is 35.9. The van der Waals surface area contributed by atoms with Crippen molar-refractivity contribution in [3.05, 3.63) is 231 Å². The van der Waals surface area contributed by atoms with E-state index in [1.165, 1.54) is 55.9 Å². The topological polar surface area (TPSA) is 35.6 Å². The second-order valence-corrected chi connectivity index (χ2v) is 24.1. The van der Waals surface area contributed by atoms with Gasteiger partial charge in [0.15, 0.2) is 0 Å². The van der Waals surface area contributed by atoms with Crippen molar-refractivity contribution in [2.75, 3.05) is 0 Å². The average Bonchev–Trinajstić information content (AvgIpc) is 3.99. The molecule has 0 saturated carbocycles. The van der Waals surface area contributed by atoms with Crippen molar-refractivity contribution in [3.63, 3.8) is 0 Å². The fourth-order valence-corrected chi connectivity index (χ4v) is 21.1. The van der Waals surface area contributed by atoms with E-state index in [0.29, 0.717) is 0 Å². The van der Waals surface area contributed by atoms with Gasteiger partial charge < -0.3 is 0 Å². The zero-order valence-electron chi connectivity index (χ0n) is 34.2. The fraction of sp³-hybridized carbons (Fsp3) is 0. The number of aromatic nitrogens is 4. The molecule has 1 aliphatic heterocycles. The molecule has 0 spiro atoms. The summed E-state index contributed by atoms with van der Waals surface area (Å²) in [4.78, 5) is 11.5. The predicted molar refractivity (Wildman–Crippen MR) is 264 cm³/mol. The van der Waals surface area contributed by atoms with Gasteiger partial charge in [-0.25, -0.2) is 0 Å². The molecule has 294 valence electrons. The Morgan fingerprint density at radius 1 is 0.365 bits per heavy atom. The van der Waals surface area contributed by atoms with Gasteiger partial charge in [-0.2, -0.15) is 0 Å². The SMILES string of the molecule is c1ccc(-c2nc(-c3ccccc3-n3c4ccccc4c4ccc5c6ccccc6n(-c6ccccc6)c5c43)c3[c](n2)[Ge]([c]2ccccc2)([c]2ccccc2)[c]2ccccc2-3)cc1. The molecule has 0 N–H and O–H groups in total. The van der Waals surface area contributed by atoms with Gasteiger partial charge in [0.05, 0.1) is 0 Å². The van der Waals surface area contributed by atoms with Gasteiger partial charge in [-0.1, -0.05) is 6.07 Å². The van der Waals surface area contributed by atoms with E-state index in [0.717, 1.165) is 50.6 Å². The van der Waals surface area contributed by atoms with E-state index in [-0.39, 0.29) is 0 Å². The summed E-state index contributed by atoms with van der Waals surface area (Å²) in [6, 6.07) is 84.0. The van der Waals surface area contributed by atoms with Gasteiger partial charge in [0.25, 0.3) is 0 Å². The van der Waals surface area contributed by atoms with Crippen LogP contribution in [0.3, 0.4) is 0 Å².